The Hall–Kier alpha value is -1.40. The number of aliphatic hydroxyl groups excluding tert-OH is 1. The van der Waals surface area contributed by atoms with Crippen LogP contribution in [0.4, 0.5) is 0 Å². The minimum absolute atomic E-state index is 0.0181. The van der Waals surface area contributed by atoms with Crippen molar-refractivity contribution in [3.05, 3.63) is 12.2 Å². The summed E-state index contributed by atoms with van der Waals surface area (Å²) in [5.41, 5.74) is 0. The quantitative estimate of drug-likeness (QED) is 0.0381. The Balaban J connectivity index is 2.13. The molecule has 0 aliphatic heterocycles. The van der Waals surface area contributed by atoms with Crippen LogP contribution in [0.15, 0.2) is 12.2 Å². The fourth-order valence-electron chi connectivity index (χ4n) is 7.46. The third kappa shape index (κ3) is 32.5. The number of unbranched alkanes of at least 4 members (excludes halogenated alkanes) is 21. The van der Waals surface area contributed by atoms with Gasteiger partial charge in [0.05, 0.1) is 6.61 Å². The van der Waals surface area contributed by atoms with E-state index in [9.17, 15) is 14.7 Å². The van der Waals surface area contributed by atoms with Gasteiger partial charge in [0.1, 0.15) is 12.2 Å². The Morgan fingerprint density at radius 1 is 0.566 bits per heavy atom. The van der Waals surface area contributed by atoms with Gasteiger partial charge in [0, 0.05) is 25.8 Å². The Kier molecular flexibility index (Phi) is 35.1. The van der Waals surface area contributed by atoms with Gasteiger partial charge in [-0.15, -0.1) is 0 Å². The summed E-state index contributed by atoms with van der Waals surface area (Å²) in [6, 6.07) is 0. The van der Waals surface area contributed by atoms with Gasteiger partial charge < -0.3 is 19.5 Å². The molecule has 0 radical (unpaired) electrons. The lowest BCUT2D eigenvalue weighted by Crippen LogP contribution is -2.29. The molecule has 2 unspecified atom stereocenters. The van der Waals surface area contributed by atoms with E-state index in [0.717, 1.165) is 110 Å². The topological polar surface area (TPSA) is 76.1 Å². The lowest BCUT2D eigenvalue weighted by atomic mass is 10.0. The first kappa shape index (κ1) is 49.6. The van der Waals surface area contributed by atoms with Crippen molar-refractivity contribution >= 4 is 11.9 Å². The third-order valence-corrected chi connectivity index (χ3v) is 11.1. The van der Waals surface area contributed by atoms with Gasteiger partial charge in [-0.25, -0.2) is 0 Å². The molecule has 6 heteroatoms. The summed E-state index contributed by atoms with van der Waals surface area (Å²) in [5, 5.41) is 9.59. The van der Waals surface area contributed by atoms with Crippen molar-refractivity contribution in [1.29, 1.82) is 0 Å². The maximum Gasteiger partial charge on any atom is 0.306 e. The Morgan fingerprint density at radius 2 is 1.04 bits per heavy atom. The van der Waals surface area contributed by atoms with Crippen molar-refractivity contribution in [2.45, 2.75) is 245 Å². The molecule has 2 atom stereocenters. The van der Waals surface area contributed by atoms with Crippen molar-refractivity contribution in [2.24, 2.45) is 5.92 Å². The molecule has 312 valence electrons. The van der Waals surface area contributed by atoms with Gasteiger partial charge in [-0.1, -0.05) is 148 Å². The minimum atomic E-state index is -0.0181. The molecule has 1 saturated carbocycles. The molecule has 6 nitrogen and oxygen atoms in total. The predicted octanol–water partition coefficient (Wildman–Crippen LogP) is 13.2. The van der Waals surface area contributed by atoms with Crippen molar-refractivity contribution < 1.29 is 24.2 Å². The fraction of sp³-hybridized carbons (Fsp3) is 0.915. The van der Waals surface area contributed by atoms with Gasteiger partial charge in [0.25, 0.3) is 0 Å². The smallest absolute Gasteiger partial charge is 0.306 e. The molecular formula is C47H89NO5. The van der Waals surface area contributed by atoms with Gasteiger partial charge in [-0.3, -0.25) is 9.59 Å². The van der Waals surface area contributed by atoms with E-state index in [1.807, 2.05) is 0 Å². The highest BCUT2D eigenvalue weighted by atomic mass is 16.5. The normalized spacial score (nSPS) is 14.3. The number of hydrogen-bond acceptors (Lipinski definition) is 6. The molecule has 53 heavy (non-hydrogen) atoms. The zero-order chi connectivity index (χ0) is 38.5. The molecule has 0 spiro atoms. The van der Waals surface area contributed by atoms with E-state index >= 15 is 0 Å². The number of ether oxygens (including phenoxy) is 2. The van der Waals surface area contributed by atoms with Crippen LogP contribution in [0.1, 0.15) is 233 Å². The summed E-state index contributed by atoms with van der Waals surface area (Å²) < 4.78 is 11.9. The van der Waals surface area contributed by atoms with Crippen LogP contribution in [-0.2, 0) is 19.1 Å². The summed E-state index contributed by atoms with van der Waals surface area (Å²) in [6.45, 7) is 9.76. The van der Waals surface area contributed by atoms with Gasteiger partial charge in [-0.2, -0.15) is 0 Å². The molecule has 1 fully saturated rings. The average Bonchev–Trinajstić information content (AvgIpc) is 4.00. The maximum atomic E-state index is 12.7. The standard InChI is InChI=1S/C47H89NO5/c1-4-7-10-13-18-25-32-44(33-26-19-14-11-8-5-2)52-46(50)35-28-21-16-23-30-39-48(41-42-49)40-31-24-17-22-29-36-47(51)53-45(43-37-38-43)34-27-20-15-12-9-6-3/h18,25,43-45,49H,4-17,19-24,26-42H2,1-3H3/b25-18+. The van der Waals surface area contributed by atoms with E-state index < -0.39 is 0 Å². The average molecular weight is 748 g/mol. The number of hydrogen-bond donors (Lipinski definition) is 1. The fourth-order valence-corrected chi connectivity index (χ4v) is 7.46. The molecule has 0 aromatic carbocycles. The highest BCUT2D eigenvalue weighted by Gasteiger charge is 2.33. The third-order valence-electron chi connectivity index (χ3n) is 11.1. The number of carbonyl (C=O) groups is 2. The zero-order valence-corrected chi connectivity index (χ0v) is 35.6. The predicted molar refractivity (Wildman–Crippen MR) is 225 cm³/mol. The van der Waals surface area contributed by atoms with Gasteiger partial charge in [0.15, 0.2) is 0 Å². The SMILES string of the molecule is CCCCC/C=C/CC(CCCCCCCC)OC(=O)CCCCCCCN(CCO)CCCCCCCC(=O)OC(CCCCCCCC)C1CC1. The number of aliphatic hydroxyl groups is 1. The highest BCUT2D eigenvalue weighted by molar-refractivity contribution is 5.69. The molecule has 0 bridgehead atoms. The summed E-state index contributed by atoms with van der Waals surface area (Å²) in [7, 11) is 0. The molecule has 0 heterocycles. The van der Waals surface area contributed by atoms with Crippen LogP contribution in [0, 0.1) is 5.92 Å². The number of esters is 2. The Bertz CT molecular complexity index is 843. The largest absolute Gasteiger partial charge is 0.462 e. The Labute approximate surface area is 329 Å². The van der Waals surface area contributed by atoms with Crippen LogP contribution in [0.2, 0.25) is 0 Å². The lowest BCUT2D eigenvalue weighted by Gasteiger charge is -2.21. The first-order valence-corrected chi connectivity index (χ1v) is 23.4. The number of carbonyl (C=O) groups excluding carboxylic acids is 2. The zero-order valence-electron chi connectivity index (χ0n) is 35.6. The van der Waals surface area contributed by atoms with Crippen LogP contribution >= 0.6 is 0 Å². The summed E-state index contributed by atoms with van der Waals surface area (Å²) in [6.07, 6.45) is 42.3. The van der Waals surface area contributed by atoms with Gasteiger partial charge >= 0.3 is 11.9 Å². The second-order valence-corrected chi connectivity index (χ2v) is 16.4. The van der Waals surface area contributed by atoms with Gasteiger partial charge in [0.2, 0.25) is 0 Å². The van der Waals surface area contributed by atoms with E-state index in [0.29, 0.717) is 18.8 Å². The van der Waals surface area contributed by atoms with Crippen molar-refractivity contribution in [2.75, 3.05) is 26.2 Å². The van der Waals surface area contributed by atoms with E-state index in [1.54, 1.807) is 0 Å². The molecule has 1 aliphatic rings. The van der Waals surface area contributed by atoms with Crippen LogP contribution in [0.3, 0.4) is 0 Å². The number of rotatable bonds is 41. The van der Waals surface area contributed by atoms with Crippen LogP contribution in [0.25, 0.3) is 0 Å². The molecule has 1 N–H and O–H groups in total. The van der Waals surface area contributed by atoms with Crippen molar-refractivity contribution in [1.82, 2.24) is 4.90 Å². The van der Waals surface area contributed by atoms with Crippen molar-refractivity contribution in [3.8, 4) is 0 Å². The first-order valence-electron chi connectivity index (χ1n) is 23.4. The van der Waals surface area contributed by atoms with Crippen molar-refractivity contribution in [3.63, 3.8) is 0 Å². The second kappa shape index (κ2) is 37.5. The molecule has 1 aliphatic carbocycles. The monoisotopic (exact) mass is 748 g/mol. The van der Waals surface area contributed by atoms with Gasteiger partial charge in [-0.05, 0) is 96.1 Å². The molecule has 0 amide bonds. The molecular weight excluding hydrogens is 659 g/mol. The van der Waals surface area contributed by atoms with E-state index in [1.165, 1.54) is 109 Å². The first-order chi connectivity index (χ1) is 26.0. The van der Waals surface area contributed by atoms with E-state index in [-0.39, 0.29) is 30.8 Å². The minimum Gasteiger partial charge on any atom is -0.462 e. The van der Waals surface area contributed by atoms with Crippen LogP contribution in [0.5, 0.6) is 0 Å². The summed E-state index contributed by atoms with van der Waals surface area (Å²) in [4.78, 5) is 27.6. The molecule has 0 aromatic rings. The number of allylic oxidation sites excluding steroid dienone is 1. The highest BCUT2D eigenvalue weighted by Crippen LogP contribution is 2.37. The van der Waals surface area contributed by atoms with E-state index in [2.05, 4.69) is 37.8 Å². The lowest BCUT2D eigenvalue weighted by molar-refractivity contribution is -0.151. The van der Waals surface area contributed by atoms with Crippen LogP contribution in [-0.4, -0.2) is 60.4 Å². The van der Waals surface area contributed by atoms with E-state index in [4.69, 9.17) is 9.47 Å². The summed E-state index contributed by atoms with van der Waals surface area (Å²) in [5.74, 6) is 0.628. The molecule has 0 aromatic heterocycles. The molecule has 1 rings (SSSR count). The number of nitrogens with zero attached hydrogens (tertiary/aromatic N) is 1. The Morgan fingerprint density at radius 3 is 1.58 bits per heavy atom. The maximum absolute atomic E-state index is 12.7. The molecule has 0 saturated heterocycles. The second-order valence-electron chi connectivity index (χ2n) is 16.4. The van der Waals surface area contributed by atoms with Crippen LogP contribution < -0.4 is 0 Å². The summed E-state index contributed by atoms with van der Waals surface area (Å²) >= 11 is 0.